The van der Waals surface area contributed by atoms with Gasteiger partial charge < -0.3 is 15.5 Å². The fourth-order valence-corrected chi connectivity index (χ4v) is 3.98. The highest BCUT2D eigenvalue weighted by Gasteiger charge is 2.25. The molecule has 1 fully saturated rings. The summed E-state index contributed by atoms with van der Waals surface area (Å²) in [6.07, 6.45) is 3.22. The predicted octanol–water partition coefficient (Wildman–Crippen LogP) is 1.59. The summed E-state index contributed by atoms with van der Waals surface area (Å²) in [4.78, 5) is 17.2. The van der Waals surface area contributed by atoms with Crippen molar-refractivity contribution in [2.24, 2.45) is 0 Å². The summed E-state index contributed by atoms with van der Waals surface area (Å²) in [6.45, 7) is 3.04. The second-order valence-corrected chi connectivity index (χ2v) is 7.59. The van der Waals surface area contributed by atoms with Crippen LogP contribution in [0.25, 0.3) is 10.9 Å². The summed E-state index contributed by atoms with van der Waals surface area (Å²) in [7, 11) is 0. The van der Waals surface area contributed by atoms with Crippen LogP contribution in [-0.4, -0.2) is 44.6 Å². The molecule has 0 spiro atoms. The molecule has 0 radical (unpaired) electrons. The van der Waals surface area contributed by atoms with Crippen molar-refractivity contribution in [2.45, 2.75) is 57.4 Å². The molecule has 1 aromatic heterocycles. The lowest BCUT2D eigenvalue weighted by Crippen LogP contribution is -2.47. The number of piperidine rings is 1. The molecule has 3 N–H and O–H groups in total. The second-order valence-electron chi connectivity index (χ2n) is 6.68. The fraction of sp³-hybridized carbons (Fsp3) is 0.556. The SMILES string of the molecule is CCc1cc(Br)cc2c(=O)n(C[C@@H](O)C[C@H]3NCCC[C@@H]3O)cnc12. The van der Waals surface area contributed by atoms with Gasteiger partial charge in [0.1, 0.15) is 0 Å². The summed E-state index contributed by atoms with van der Waals surface area (Å²) >= 11 is 3.44. The Bertz CT molecular complexity index is 808. The molecule has 1 aliphatic heterocycles. The monoisotopic (exact) mass is 409 g/mol. The maximum atomic E-state index is 12.8. The van der Waals surface area contributed by atoms with E-state index in [1.54, 1.807) is 6.07 Å². The number of nitrogens with zero attached hydrogens (tertiary/aromatic N) is 2. The molecule has 0 bridgehead atoms. The summed E-state index contributed by atoms with van der Waals surface area (Å²) in [5.74, 6) is 0. The van der Waals surface area contributed by atoms with Crippen LogP contribution in [0.2, 0.25) is 0 Å². The first-order valence-corrected chi connectivity index (χ1v) is 9.56. The Balaban J connectivity index is 1.81. The van der Waals surface area contributed by atoms with E-state index < -0.39 is 12.2 Å². The van der Waals surface area contributed by atoms with Gasteiger partial charge in [0.15, 0.2) is 0 Å². The Morgan fingerprint density at radius 1 is 1.48 bits per heavy atom. The van der Waals surface area contributed by atoms with Crippen molar-refractivity contribution in [3.05, 3.63) is 38.9 Å². The van der Waals surface area contributed by atoms with E-state index in [1.807, 2.05) is 13.0 Å². The third kappa shape index (κ3) is 4.11. The number of rotatable bonds is 5. The molecule has 0 saturated carbocycles. The number of aliphatic hydroxyl groups excluding tert-OH is 2. The van der Waals surface area contributed by atoms with E-state index in [2.05, 4.69) is 26.2 Å². The molecule has 1 aliphatic rings. The number of aromatic nitrogens is 2. The van der Waals surface area contributed by atoms with E-state index in [9.17, 15) is 15.0 Å². The van der Waals surface area contributed by atoms with Crippen LogP contribution in [0.15, 0.2) is 27.7 Å². The smallest absolute Gasteiger partial charge is 0.261 e. The molecule has 25 heavy (non-hydrogen) atoms. The van der Waals surface area contributed by atoms with Gasteiger partial charge in [-0.1, -0.05) is 22.9 Å². The number of hydrogen-bond donors (Lipinski definition) is 3. The molecule has 7 heteroatoms. The Morgan fingerprint density at radius 3 is 3.00 bits per heavy atom. The molecule has 2 heterocycles. The van der Waals surface area contributed by atoms with Crippen molar-refractivity contribution >= 4 is 26.8 Å². The number of hydrogen-bond acceptors (Lipinski definition) is 5. The normalized spacial score (nSPS) is 22.2. The summed E-state index contributed by atoms with van der Waals surface area (Å²) < 4.78 is 2.30. The number of aryl methyl sites for hydroxylation is 1. The molecule has 1 saturated heterocycles. The molecule has 0 unspecified atom stereocenters. The van der Waals surface area contributed by atoms with Gasteiger partial charge in [0.2, 0.25) is 0 Å². The minimum Gasteiger partial charge on any atom is -0.392 e. The van der Waals surface area contributed by atoms with Gasteiger partial charge in [0, 0.05) is 10.5 Å². The maximum Gasteiger partial charge on any atom is 0.261 e. The molecule has 0 aliphatic carbocycles. The summed E-state index contributed by atoms with van der Waals surface area (Å²) in [5, 5.41) is 24.2. The van der Waals surface area contributed by atoms with Crippen LogP contribution in [0.4, 0.5) is 0 Å². The highest BCUT2D eigenvalue weighted by atomic mass is 79.9. The number of aliphatic hydroxyl groups is 2. The van der Waals surface area contributed by atoms with E-state index in [1.165, 1.54) is 10.9 Å². The van der Waals surface area contributed by atoms with Gasteiger partial charge in [-0.15, -0.1) is 0 Å². The second kappa shape index (κ2) is 7.95. The van der Waals surface area contributed by atoms with E-state index >= 15 is 0 Å². The van der Waals surface area contributed by atoms with Crippen LogP contribution in [0.3, 0.4) is 0 Å². The Morgan fingerprint density at radius 2 is 2.28 bits per heavy atom. The van der Waals surface area contributed by atoms with Crippen LogP contribution in [-0.2, 0) is 13.0 Å². The molecular formula is C18H24BrN3O3. The average molecular weight is 410 g/mol. The minimum absolute atomic E-state index is 0.131. The van der Waals surface area contributed by atoms with Gasteiger partial charge in [-0.25, -0.2) is 4.98 Å². The van der Waals surface area contributed by atoms with Crippen LogP contribution in [0.5, 0.6) is 0 Å². The quantitative estimate of drug-likeness (QED) is 0.697. The van der Waals surface area contributed by atoms with Gasteiger partial charge in [0.25, 0.3) is 5.56 Å². The highest BCUT2D eigenvalue weighted by molar-refractivity contribution is 9.10. The van der Waals surface area contributed by atoms with Crippen LogP contribution in [0, 0.1) is 0 Å². The molecular weight excluding hydrogens is 386 g/mol. The Labute approximate surface area is 155 Å². The zero-order valence-electron chi connectivity index (χ0n) is 14.3. The van der Waals surface area contributed by atoms with Crippen molar-refractivity contribution < 1.29 is 10.2 Å². The summed E-state index contributed by atoms with van der Waals surface area (Å²) in [5.41, 5.74) is 1.58. The molecule has 3 rings (SSSR count). The molecule has 136 valence electrons. The van der Waals surface area contributed by atoms with E-state index in [0.717, 1.165) is 35.8 Å². The average Bonchev–Trinajstić information content (AvgIpc) is 2.59. The molecule has 3 atom stereocenters. The topological polar surface area (TPSA) is 87.4 Å². The van der Waals surface area contributed by atoms with Crippen LogP contribution >= 0.6 is 15.9 Å². The highest BCUT2D eigenvalue weighted by Crippen LogP contribution is 2.21. The lowest BCUT2D eigenvalue weighted by atomic mass is 9.96. The lowest BCUT2D eigenvalue weighted by molar-refractivity contribution is 0.0539. The third-order valence-electron chi connectivity index (χ3n) is 4.83. The van der Waals surface area contributed by atoms with Crippen molar-refractivity contribution in [2.75, 3.05) is 6.54 Å². The van der Waals surface area contributed by atoms with E-state index in [4.69, 9.17) is 0 Å². The fourth-order valence-electron chi connectivity index (χ4n) is 3.48. The van der Waals surface area contributed by atoms with Gasteiger partial charge in [-0.3, -0.25) is 9.36 Å². The first-order valence-electron chi connectivity index (χ1n) is 8.76. The Kier molecular flexibility index (Phi) is 5.89. The summed E-state index contributed by atoms with van der Waals surface area (Å²) in [6, 6.07) is 3.62. The number of halogens is 1. The third-order valence-corrected chi connectivity index (χ3v) is 5.29. The predicted molar refractivity (Wildman–Crippen MR) is 101 cm³/mol. The van der Waals surface area contributed by atoms with Gasteiger partial charge in [-0.2, -0.15) is 0 Å². The van der Waals surface area contributed by atoms with Crippen molar-refractivity contribution in [3.63, 3.8) is 0 Å². The van der Waals surface area contributed by atoms with Crippen molar-refractivity contribution in [1.82, 2.24) is 14.9 Å². The standard InChI is InChI=1S/C18H24BrN3O3/c1-2-11-6-12(19)7-14-17(11)21-10-22(18(14)25)9-13(23)8-15-16(24)4-3-5-20-15/h6-7,10,13,15-16,20,23-24H,2-5,8-9H2,1H3/t13-,15+,16-/m0/s1. The molecule has 2 aromatic rings. The van der Waals surface area contributed by atoms with Crippen molar-refractivity contribution in [3.8, 4) is 0 Å². The number of fused-ring (bicyclic) bond motifs is 1. The van der Waals surface area contributed by atoms with Crippen LogP contribution in [0.1, 0.15) is 31.7 Å². The number of nitrogens with one attached hydrogen (secondary N) is 1. The van der Waals surface area contributed by atoms with Gasteiger partial charge in [0.05, 0.1) is 36.0 Å². The first-order chi connectivity index (χ1) is 12.0. The lowest BCUT2D eigenvalue weighted by Gasteiger charge is -2.30. The maximum absolute atomic E-state index is 12.8. The minimum atomic E-state index is -0.722. The van der Waals surface area contributed by atoms with Crippen LogP contribution < -0.4 is 10.9 Å². The first kappa shape index (κ1) is 18.5. The zero-order valence-corrected chi connectivity index (χ0v) is 15.9. The van der Waals surface area contributed by atoms with Gasteiger partial charge in [-0.05, 0) is 49.9 Å². The van der Waals surface area contributed by atoms with E-state index in [0.29, 0.717) is 17.3 Å². The van der Waals surface area contributed by atoms with E-state index in [-0.39, 0.29) is 18.1 Å². The van der Waals surface area contributed by atoms with Gasteiger partial charge >= 0.3 is 0 Å². The zero-order chi connectivity index (χ0) is 18.0. The Hall–Kier alpha value is -1.28. The number of benzene rings is 1. The van der Waals surface area contributed by atoms with Crippen molar-refractivity contribution in [1.29, 1.82) is 0 Å². The molecule has 6 nitrogen and oxygen atoms in total. The molecule has 1 aromatic carbocycles. The largest absolute Gasteiger partial charge is 0.392 e. The molecule has 0 amide bonds.